The molecule has 0 saturated carbocycles. The van der Waals surface area contributed by atoms with Crippen molar-refractivity contribution in [1.82, 2.24) is 20.2 Å². The molecule has 1 aromatic rings. The number of aryl methyl sites for hydroxylation is 2. The Balaban J connectivity index is 2.73. The predicted octanol–water partition coefficient (Wildman–Crippen LogP) is -0.164. The van der Waals surface area contributed by atoms with Gasteiger partial charge in [-0.15, -0.1) is 0 Å². The Labute approximate surface area is 82.5 Å². The highest BCUT2D eigenvalue weighted by atomic mass is 16.2. The van der Waals surface area contributed by atoms with Gasteiger partial charge < -0.3 is 0 Å². The van der Waals surface area contributed by atoms with Gasteiger partial charge in [0.05, 0.1) is 12.5 Å². The Morgan fingerprint density at radius 2 is 2.29 bits per heavy atom. The van der Waals surface area contributed by atoms with Crippen molar-refractivity contribution in [1.29, 1.82) is 0 Å². The molecule has 1 rings (SSSR count). The van der Waals surface area contributed by atoms with Gasteiger partial charge in [-0.1, -0.05) is 0 Å². The van der Waals surface area contributed by atoms with Gasteiger partial charge in [0.15, 0.2) is 0 Å². The zero-order valence-corrected chi connectivity index (χ0v) is 8.61. The first kappa shape index (κ1) is 10.6. The van der Waals surface area contributed by atoms with E-state index in [1.807, 2.05) is 20.8 Å². The molecule has 1 heterocycles. The second-order valence-corrected chi connectivity index (χ2v) is 3.27. The summed E-state index contributed by atoms with van der Waals surface area (Å²) in [7, 11) is 0. The monoisotopic (exact) mass is 197 g/mol. The van der Waals surface area contributed by atoms with E-state index in [0.717, 1.165) is 5.82 Å². The Morgan fingerprint density at radius 3 is 2.71 bits per heavy atom. The molecule has 1 aromatic heterocycles. The first-order valence-corrected chi connectivity index (χ1v) is 4.43. The van der Waals surface area contributed by atoms with Crippen LogP contribution in [0.3, 0.4) is 0 Å². The molecule has 6 nitrogen and oxygen atoms in total. The molecule has 0 fully saturated rings. The summed E-state index contributed by atoms with van der Waals surface area (Å²) in [5, 5.41) is 4.18. The van der Waals surface area contributed by atoms with Gasteiger partial charge in [0.25, 0.3) is 0 Å². The number of hydrogen-bond donors (Lipinski definition) is 2. The summed E-state index contributed by atoms with van der Waals surface area (Å²) in [6.45, 7) is 5.58. The number of nitrogens with two attached hydrogens (primary N) is 1. The van der Waals surface area contributed by atoms with Crippen molar-refractivity contribution in [2.24, 2.45) is 5.84 Å². The molecule has 78 valence electrons. The summed E-state index contributed by atoms with van der Waals surface area (Å²) in [6, 6.07) is -0.0280. The maximum atomic E-state index is 11.0. The van der Waals surface area contributed by atoms with Crippen LogP contribution in [0.5, 0.6) is 0 Å². The summed E-state index contributed by atoms with van der Waals surface area (Å²) in [4.78, 5) is 15.2. The molecule has 6 heteroatoms. The van der Waals surface area contributed by atoms with E-state index < -0.39 is 0 Å². The summed E-state index contributed by atoms with van der Waals surface area (Å²) in [6.07, 6.45) is 0.306. The number of nitrogens with one attached hydrogen (secondary N) is 1. The van der Waals surface area contributed by atoms with Crippen LogP contribution < -0.4 is 11.3 Å². The quantitative estimate of drug-likeness (QED) is 0.400. The van der Waals surface area contributed by atoms with Gasteiger partial charge in [-0.3, -0.25) is 10.2 Å². The Kier molecular flexibility index (Phi) is 3.19. The zero-order chi connectivity index (χ0) is 10.7. The number of amides is 1. The number of carbonyl (C=O) groups is 1. The van der Waals surface area contributed by atoms with Crippen molar-refractivity contribution < 1.29 is 4.79 Å². The summed E-state index contributed by atoms with van der Waals surface area (Å²) in [5.74, 6) is 6.31. The number of carbonyl (C=O) groups excluding carboxylic acids is 1. The first-order valence-electron chi connectivity index (χ1n) is 4.43. The van der Waals surface area contributed by atoms with Crippen LogP contribution in [0.4, 0.5) is 0 Å². The van der Waals surface area contributed by atoms with Crippen LogP contribution in [-0.4, -0.2) is 20.7 Å². The van der Waals surface area contributed by atoms with E-state index >= 15 is 0 Å². The topological polar surface area (TPSA) is 85.8 Å². The van der Waals surface area contributed by atoms with E-state index in [-0.39, 0.29) is 11.9 Å². The fraction of sp³-hybridized carbons (Fsp3) is 0.625. The normalized spacial score (nSPS) is 12.6. The fourth-order valence-corrected chi connectivity index (χ4v) is 1.37. The van der Waals surface area contributed by atoms with Gasteiger partial charge in [0.1, 0.15) is 11.6 Å². The van der Waals surface area contributed by atoms with E-state index in [2.05, 4.69) is 15.5 Å². The van der Waals surface area contributed by atoms with Gasteiger partial charge in [0, 0.05) is 0 Å². The van der Waals surface area contributed by atoms with E-state index in [9.17, 15) is 4.79 Å². The molecule has 0 bridgehead atoms. The summed E-state index contributed by atoms with van der Waals surface area (Å²) in [5.41, 5.74) is 2.09. The lowest BCUT2D eigenvalue weighted by atomic mass is 10.2. The van der Waals surface area contributed by atoms with E-state index in [1.165, 1.54) is 0 Å². The minimum Gasteiger partial charge on any atom is -0.294 e. The number of rotatable bonds is 3. The molecule has 0 aliphatic carbocycles. The minimum absolute atomic E-state index is 0.0280. The fourth-order valence-electron chi connectivity index (χ4n) is 1.37. The Morgan fingerprint density at radius 1 is 1.64 bits per heavy atom. The SMILES string of the molecule is Cc1nc(C)n(C(C)CC(=O)NN)n1. The average Bonchev–Trinajstić information content (AvgIpc) is 2.45. The van der Waals surface area contributed by atoms with Crippen molar-refractivity contribution in [2.75, 3.05) is 0 Å². The highest BCUT2D eigenvalue weighted by Gasteiger charge is 2.13. The molecule has 0 aromatic carbocycles. The van der Waals surface area contributed by atoms with Crippen molar-refractivity contribution >= 4 is 5.91 Å². The maximum Gasteiger partial charge on any atom is 0.236 e. The molecule has 1 amide bonds. The van der Waals surface area contributed by atoms with Gasteiger partial charge in [-0.05, 0) is 20.8 Å². The largest absolute Gasteiger partial charge is 0.294 e. The minimum atomic E-state index is -0.204. The van der Waals surface area contributed by atoms with Crippen molar-refractivity contribution in [3.8, 4) is 0 Å². The second-order valence-electron chi connectivity index (χ2n) is 3.27. The molecule has 1 unspecified atom stereocenters. The number of hydrazine groups is 1. The Bertz CT molecular complexity index is 332. The van der Waals surface area contributed by atoms with Crippen LogP contribution in [0.1, 0.15) is 31.0 Å². The van der Waals surface area contributed by atoms with Gasteiger partial charge in [0.2, 0.25) is 5.91 Å². The van der Waals surface area contributed by atoms with Crippen LogP contribution in [0.15, 0.2) is 0 Å². The third-order valence-electron chi connectivity index (χ3n) is 1.97. The summed E-state index contributed by atoms with van der Waals surface area (Å²) < 4.78 is 1.73. The molecular formula is C8H15N5O. The lowest BCUT2D eigenvalue weighted by Gasteiger charge is -2.11. The van der Waals surface area contributed by atoms with E-state index in [0.29, 0.717) is 12.2 Å². The highest BCUT2D eigenvalue weighted by molar-refractivity contribution is 5.75. The standard InChI is InChI=1S/C8H15N5O/c1-5(4-8(14)11-9)13-7(3)10-6(2)12-13/h5H,4,9H2,1-3H3,(H,11,14). The van der Waals surface area contributed by atoms with Crippen LogP contribution in [0, 0.1) is 13.8 Å². The van der Waals surface area contributed by atoms with Crippen LogP contribution >= 0.6 is 0 Å². The number of hydrogen-bond acceptors (Lipinski definition) is 4. The van der Waals surface area contributed by atoms with Gasteiger partial charge >= 0.3 is 0 Å². The molecule has 3 N–H and O–H groups in total. The first-order chi connectivity index (χ1) is 6.54. The molecule has 1 atom stereocenters. The number of nitrogens with zero attached hydrogens (tertiary/aromatic N) is 3. The molecule has 0 aliphatic heterocycles. The third-order valence-corrected chi connectivity index (χ3v) is 1.97. The summed E-state index contributed by atoms with van der Waals surface area (Å²) >= 11 is 0. The van der Waals surface area contributed by atoms with Gasteiger partial charge in [-0.25, -0.2) is 15.5 Å². The van der Waals surface area contributed by atoms with Crippen LogP contribution in [0.2, 0.25) is 0 Å². The zero-order valence-electron chi connectivity index (χ0n) is 8.61. The molecule has 0 aliphatic rings. The van der Waals surface area contributed by atoms with Crippen molar-refractivity contribution in [3.63, 3.8) is 0 Å². The molecule has 0 saturated heterocycles. The lowest BCUT2D eigenvalue weighted by Crippen LogP contribution is -2.31. The van der Waals surface area contributed by atoms with Crippen LogP contribution in [0.25, 0.3) is 0 Å². The predicted molar refractivity (Wildman–Crippen MR) is 51.2 cm³/mol. The Hall–Kier alpha value is -1.43. The third kappa shape index (κ3) is 2.29. The smallest absolute Gasteiger partial charge is 0.236 e. The average molecular weight is 197 g/mol. The van der Waals surface area contributed by atoms with Gasteiger partial charge in [-0.2, -0.15) is 5.10 Å². The van der Waals surface area contributed by atoms with Crippen LogP contribution in [-0.2, 0) is 4.79 Å². The molecule has 14 heavy (non-hydrogen) atoms. The van der Waals surface area contributed by atoms with E-state index in [1.54, 1.807) is 4.68 Å². The molecular weight excluding hydrogens is 182 g/mol. The second kappa shape index (κ2) is 4.19. The lowest BCUT2D eigenvalue weighted by molar-refractivity contribution is -0.121. The van der Waals surface area contributed by atoms with Crippen molar-refractivity contribution in [2.45, 2.75) is 33.2 Å². The molecule has 0 radical (unpaired) electrons. The molecule has 0 spiro atoms. The van der Waals surface area contributed by atoms with Crippen molar-refractivity contribution in [3.05, 3.63) is 11.6 Å². The van der Waals surface area contributed by atoms with E-state index in [4.69, 9.17) is 5.84 Å². The number of aromatic nitrogens is 3. The highest BCUT2D eigenvalue weighted by Crippen LogP contribution is 2.11. The maximum absolute atomic E-state index is 11.0.